The highest BCUT2D eigenvalue weighted by Crippen LogP contribution is 2.41. The van der Waals surface area contributed by atoms with Crippen LogP contribution in [-0.2, 0) is 9.84 Å². The van der Waals surface area contributed by atoms with E-state index in [4.69, 9.17) is 5.73 Å². The van der Waals surface area contributed by atoms with Gasteiger partial charge in [0.15, 0.2) is 15.7 Å². The summed E-state index contributed by atoms with van der Waals surface area (Å²) in [7, 11) is -3.59. The minimum atomic E-state index is -3.59. The smallest absolute Gasteiger partial charge is 0.387 e. The number of benzene rings is 1. The molecule has 1 saturated carbocycles. The summed E-state index contributed by atoms with van der Waals surface area (Å²) in [6.07, 6.45) is 7.08. The molecule has 3 aromatic rings. The lowest BCUT2D eigenvalue weighted by atomic mass is 9.95. The summed E-state index contributed by atoms with van der Waals surface area (Å²) in [6.45, 7) is 0.132. The maximum Gasteiger partial charge on any atom is 0.387 e. The number of carbonyl (C=O) groups is 1. The van der Waals surface area contributed by atoms with E-state index < -0.39 is 27.6 Å². The molecule has 2 N–H and O–H groups in total. The van der Waals surface area contributed by atoms with E-state index in [-0.39, 0.29) is 28.1 Å². The van der Waals surface area contributed by atoms with Crippen LogP contribution in [0.25, 0.3) is 22.4 Å². The Hall–Kier alpha value is -3.08. The predicted octanol–water partition coefficient (Wildman–Crippen LogP) is 4.49. The molecule has 0 unspecified atom stereocenters. The molecule has 1 amide bonds. The number of aromatic nitrogens is 3. The summed E-state index contributed by atoms with van der Waals surface area (Å²) < 4.78 is 57.2. The molecule has 4 rings (SSSR count). The first kappa shape index (κ1) is 24.1. The van der Waals surface area contributed by atoms with Gasteiger partial charge in [0.1, 0.15) is 16.3 Å². The lowest BCUT2D eigenvalue weighted by molar-refractivity contribution is -0.0497. The van der Waals surface area contributed by atoms with Gasteiger partial charge in [0.05, 0.1) is 16.3 Å². The average Bonchev–Trinajstić information content (AvgIpc) is 3.14. The van der Waals surface area contributed by atoms with E-state index in [0.29, 0.717) is 16.6 Å². The SMILES string of the molecule is CC(C)S(=O)(=O)c1cnc(-c2c(C(N)=O)c3ccc(OC(F)F)cc3n2C2CCCCC2)nc1. The molecule has 182 valence electrons. The van der Waals surface area contributed by atoms with Gasteiger partial charge in [-0.3, -0.25) is 4.79 Å². The van der Waals surface area contributed by atoms with Gasteiger partial charge in [-0.15, -0.1) is 0 Å². The molecule has 2 aromatic heterocycles. The lowest BCUT2D eigenvalue weighted by Crippen LogP contribution is -2.18. The Balaban J connectivity index is 1.97. The van der Waals surface area contributed by atoms with E-state index in [1.54, 1.807) is 13.8 Å². The predicted molar refractivity (Wildman–Crippen MR) is 123 cm³/mol. The van der Waals surface area contributed by atoms with Gasteiger partial charge in [0, 0.05) is 29.9 Å². The van der Waals surface area contributed by atoms with Crippen molar-refractivity contribution >= 4 is 26.6 Å². The minimum Gasteiger partial charge on any atom is -0.435 e. The molecular formula is C23H26F2N4O4S. The molecular weight excluding hydrogens is 466 g/mol. The summed E-state index contributed by atoms with van der Waals surface area (Å²) in [4.78, 5) is 21.1. The van der Waals surface area contributed by atoms with E-state index in [1.807, 2.05) is 4.57 Å². The van der Waals surface area contributed by atoms with E-state index in [1.165, 1.54) is 30.6 Å². The van der Waals surface area contributed by atoms with Crippen LogP contribution < -0.4 is 10.5 Å². The average molecular weight is 493 g/mol. The van der Waals surface area contributed by atoms with Crippen LogP contribution in [0.5, 0.6) is 5.75 Å². The Kier molecular flexibility index (Phi) is 6.57. The van der Waals surface area contributed by atoms with E-state index >= 15 is 0 Å². The second-order valence-corrected chi connectivity index (χ2v) is 11.1. The third-order valence-corrected chi connectivity index (χ3v) is 8.29. The van der Waals surface area contributed by atoms with Crippen LogP contribution in [0.3, 0.4) is 0 Å². The zero-order valence-electron chi connectivity index (χ0n) is 18.9. The number of fused-ring (bicyclic) bond motifs is 1. The second kappa shape index (κ2) is 9.28. The van der Waals surface area contributed by atoms with E-state index in [0.717, 1.165) is 32.1 Å². The summed E-state index contributed by atoms with van der Waals surface area (Å²) in [5, 5.41) is -0.178. The zero-order chi connectivity index (χ0) is 24.6. The van der Waals surface area contributed by atoms with Crippen molar-refractivity contribution in [1.82, 2.24) is 14.5 Å². The molecule has 2 heterocycles. The third kappa shape index (κ3) is 4.36. The number of ether oxygens (including phenoxy) is 1. The normalized spacial score (nSPS) is 15.4. The number of hydrogen-bond acceptors (Lipinski definition) is 6. The molecule has 0 aliphatic heterocycles. The first-order valence-corrected chi connectivity index (χ1v) is 12.6. The molecule has 1 aromatic carbocycles. The van der Waals surface area contributed by atoms with Crippen molar-refractivity contribution in [3.05, 3.63) is 36.2 Å². The maximum atomic E-state index is 12.9. The summed E-state index contributed by atoms with van der Waals surface area (Å²) in [5.74, 6) is -0.631. The quantitative estimate of drug-likeness (QED) is 0.519. The largest absolute Gasteiger partial charge is 0.435 e. The molecule has 0 radical (unpaired) electrons. The molecule has 34 heavy (non-hydrogen) atoms. The van der Waals surface area contributed by atoms with Gasteiger partial charge >= 0.3 is 6.61 Å². The Morgan fingerprint density at radius 3 is 2.35 bits per heavy atom. The van der Waals surface area contributed by atoms with Crippen LogP contribution in [0.4, 0.5) is 8.78 Å². The highest BCUT2D eigenvalue weighted by atomic mass is 32.2. The van der Waals surface area contributed by atoms with Crippen LogP contribution >= 0.6 is 0 Å². The van der Waals surface area contributed by atoms with Crippen molar-refractivity contribution < 1.29 is 26.7 Å². The molecule has 0 bridgehead atoms. The molecule has 1 fully saturated rings. The van der Waals surface area contributed by atoms with Crippen LogP contribution in [0.2, 0.25) is 0 Å². The Morgan fingerprint density at radius 2 is 1.79 bits per heavy atom. The van der Waals surface area contributed by atoms with Gasteiger partial charge in [-0.25, -0.2) is 18.4 Å². The van der Waals surface area contributed by atoms with E-state index in [9.17, 15) is 22.0 Å². The van der Waals surface area contributed by atoms with Crippen molar-refractivity contribution in [1.29, 1.82) is 0 Å². The molecule has 0 atom stereocenters. The molecule has 1 aliphatic carbocycles. The Labute approximate surface area is 196 Å². The number of sulfone groups is 1. The summed E-state index contributed by atoms with van der Waals surface area (Å²) >= 11 is 0. The monoisotopic (exact) mass is 492 g/mol. The molecule has 8 nitrogen and oxygen atoms in total. The number of nitrogens with zero attached hydrogens (tertiary/aromatic N) is 3. The number of rotatable bonds is 7. The van der Waals surface area contributed by atoms with Crippen LogP contribution in [0.15, 0.2) is 35.5 Å². The highest BCUT2D eigenvalue weighted by Gasteiger charge is 2.30. The van der Waals surface area contributed by atoms with Gasteiger partial charge in [0.2, 0.25) is 0 Å². The fourth-order valence-corrected chi connectivity index (χ4v) is 5.46. The van der Waals surface area contributed by atoms with Crippen LogP contribution in [-0.4, -0.2) is 40.7 Å². The third-order valence-electron chi connectivity index (χ3n) is 6.18. The topological polar surface area (TPSA) is 117 Å². The minimum absolute atomic E-state index is 0.0279. The molecule has 1 aliphatic rings. The van der Waals surface area contributed by atoms with Gasteiger partial charge in [-0.1, -0.05) is 19.3 Å². The summed E-state index contributed by atoms with van der Waals surface area (Å²) in [6, 6.07) is 4.30. The maximum absolute atomic E-state index is 12.9. The number of alkyl halides is 2. The number of halogens is 2. The number of primary amides is 1. The molecule has 0 saturated heterocycles. The number of carbonyl (C=O) groups excluding carboxylic acids is 1. The van der Waals surface area contributed by atoms with Crippen molar-refractivity contribution in [3.8, 4) is 17.3 Å². The standard InChI is InChI=1S/C23H26F2N4O4S/c1-13(2)34(31,32)16-11-27-22(28-12-16)20-19(21(26)30)17-9-8-15(33-23(24)25)10-18(17)29(20)14-6-4-3-5-7-14/h8-14,23H,3-7H2,1-2H3,(H2,26,30). The lowest BCUT2D eigenvalue weighted by Gasteiger charge is -2.26. The van der Waals surface area contributed by atoms with Crippen molar-refractivity contribution in [2.24, 2.45) is 5.73 Å². The van der Waals surface area contributed by atoms with Gasteiger partial charge in [-0.2, -0.15) is 8.78 Å². The first-order chi connectivity index (χ1) is 16.1. The van der Waals surface area contributed by atoms with Gasteiger partial charge < -0.3 is 15.0 Å². The Morgan fingerprint density at radius 1 is 1.15 bits per heavy atom. The highest BCUT2D eigenvalue weighted by molar-refractivity contribution is 7.92. The van der Waals surface area contributed by atoms with E-state index in [2.05, 4.69) is 14.7 Å². The van der Waals surface area contributed by atoms with Crippen molar-refractivity contribution in [3.63, 3.8) is 0 Å². The van der Waals surface area contributed by atoms with Crippen molar-refractivity contribution in [2.75, 3.05) is 0 Å². The molecule has 11 heteroatoms. The van der Waals surface area contributed by atoms with Gasteiger partial charge in [-0.05, 0) is 38.8 Å². The number of nitrogens with two attached hydrogens (primary N) is 1. The van der Waals surface area contributed by atoms with Crippen LogP contribution in [0, 0.1) is 0 Å². The summed E-state index contributed by atoms with van der Waals surface area (Å²) in [5.41, 5.74) is 6.77. The van der Waals surface area contributed by atoms with Gasteiger partial charge in [0.25, 0.3) is 5.91 Å². The Bertz CT molecular complexity index is 1310. The first-order valence-electron chi connectivity index (χ1n) is 11.1. The fraction of sp³-hybridized carbons (Fsp3) is 0.435. The second-order valence-electron chi connectivity index (χ2n) is 8.64. The molecule has 0 spiro atoms. The van der Waals surface area contributed by atoms with Crippen LogP contribution in [0.1, 0.15) is 62.4 Å². The number of hydrogen-bond donors (Lipinski definition) is 1. The number of amides is 1. The van der Waals surface area contributed by atoms with Crippen molar-refractivity contribution in [2.45, 2.75) is 68.8 Å². The zero-order valence-corrected chi connectivity index (χ0v) is 19.7. The fourth-order valence-electron chi connectivity index (χ4n) is 4.51.